The first kappa shape index (κ1) is 26.5. The van der Waals surface area contributed by atoms with Crippen molar-refractivity contribution in [3.05, 3.63) is 126 Å². The van der Waals surface area contributed by atoms with Crippen molar-refractivity contribution in [1.29, 1.82) is 0 Å². The summed E-state index contributed by atoms with van der Waals surface area (Å²) >= 11 is 0. The molecule has 0 unspecified atom stereocenters. The summed E-state index contributed by atoms with van der Waals surface area (Å²) in [4.78, 5) is 0.246. The number of rotatable bonds is 12. The Morgan fingerprint density at radius 1 is 0.730 bits per heavy atom. The van der Waals surface area contributed by atoms with Crippen molar-refractivity contribution in [3.8, 4) is 11.5 Å². The number of hydrogen-bond donors (Lipinski definition) is 0. The molecule has 4 aromatic rings. The molecule has 5 nitrogen and oxygen atoms in total. The highest BCUT2D eigenvalue weighted by Gasteiger charge is 2.26. The molecule has 192 valence electrons. The lowest BCUT2D eigenvalue weighted by Crippen LogP contribution is -2.32. The summed E-state index contributed by atoms with van der Waals surface area (Å²) in [5.74, 6) is 1.45. The highest BCUT2D eigenvalue weighted by molar-refractivity contribution is 7.89. The van der Waals surface area contributed by atoms with Crippen LogP contribution < -0.4 is 9.47 Å². The van der Waals surface area contributed by atoms with Crippen LogP contribution in [0.5, 0.6) is 11.5 Å². The number of hydrogen-bond acceptors (Lipinski definition) is 4. The Morgan fingerprint density at radius 2 is 1.27 bits per heavy atom. The standard InChI is InChI=1S/C31H33NO4S/c1-3-36-29-16-14-25(15-17-29)24-32(37(33,34)30-20-18-28(35-2)19-21-30)23-22-31(26-10-6-4-7-11-26)27-12-8-5-9-13-27/h4-21,31H,3,22-24H2,1-2H3. The summed E-state index contributed by atoms with van der Waals surface area (Å²) in [7, 11) is -2.19. The van der Waals surface area contributed by atoms with Gasteiger partial charge in [0.15, 0.2) is 0 Å². The molecule has 4 aromatic carbocycles. The molecule has 0 aliphatic rings. The number of sulfonamides is 1. The van der Waals surface area contributed by atoms with Gasteiger partial charge in [0.25, 0.3) is 0 Å². The lowest BCUT2D eigenvalue weighted by Gasteiger charge is -2.26. The summed E-state index contributed by atoms with van der Waals surface area (Å²) in [5.41, 5.74) is 3.23. The van der Waals surface area contributed by atoms with Gasteiger partial charge in [-0.15, -0.1) is 0 Å². The molecule has 0 heterocycles. The van der Waals surface area contributed by atoms with Crippen LogP contribution in [-0.2, 0) is 16.6 Å². The van der Waals surface area contributed by atoms with Crippen molar-refractivity contribution in [3.63, 3.8) is 0 Å². The minimum Gasteiger partial charge on any atom is -0.497 e. The quantitative estimate of drug-likeness (QED) is 0.216. The molecule has 0 amide bonds. The number of ether oxygens (including phenoxy) is 2. The van der Waals surface area contributed by atoms with E-state index < -0.39 is 10.0 Å². The van der Waals surface area contributed by atoms with Crippen LogP contribution in [-0.4, -0.2) is 33.0 Å². The monoisotopic (exact) mass is 515 g/mol. The van der Waals surface area contributed by atoms with Gasteiger partial charge >= 0.3 is 0 Å². The first-order chi connectivity index (χ1) is 18.0. The van der Waals surface area contributed by atoms with Crippen LogP contribution in [0.15, 0.2) is 114 Å². The first-order valence-corrected chi connectivity index (χ1v) is 13.9. The third kappa shape index (κ3) is 6.79. The largest absolute Gasteiger partial charge is 0.497 e. The van der Waals surface area contributed by atoms with Crippen LogP contribution in [0.1, 0.15) is 36.0 Å². The molecule has 37 heavy (non-hydrogen) atoms. The van der Waals surface area contributed by atoms with Crippen molar-refractivity contribution in [2.75, 3.05) is 20.3 Å². The second-order valence-corrected chi connectivity index (χ2v) is 10.7. The summed E-state index contributed by atoms with van der Waals surface area (Å²) < 4.78 is 40.1. The van der Waals surface area contributed by atoms with Crippen LogP contribution in [0.3, 0.4) is 0 Å². The Hall–Kier alpha value is -3.61. The molecule has 0 N–H and O–H groups in total. The molecule has 0 radical (unpaired) electrons. The Balaban J connectivity index is 1.65. The van der Waals surface area contributed by atoms with Gasteiger partial charge in [-0.3, -0.25) is 0 Å². The molecule has 0 fully saturated rings. The van der Waals surface area contributed by atoms with Crippen LogP contribution >= 0.6 is 0 Å². The van der Waals surface area contributed by atoms with Crippen molar-refractivity contribution < 1.29 is 17.9 Å². The minimum atomic E-state index is -3.76. The maximum atomic E-state index is 13.9. The molecular weight excluding hydrogens is 482 g/mol. The molecule has 0 bridgehead atoms. The van der Waals surface area contributed by atoms with Crippen molar-refractivity contribution in [1.82, 2.24) is 4.31 Å². The molecule has 0 aliphatic heterocycles. The fourth-order valence-electron chi connectivity index (χ4n) is 4.41. The maximum absolute atomic E-state index is 13.9. The number of nitrogens with zero attached hydrogens (tertiary/aromatic N) is 1. The SMILES string of the molecule is CCOc1ccc(CN(CCC(c2ccccc2)c2ccccc2)S(=O)(=O)c2ccc(OC)cc2)cc1. The van der Waals surface area contributed by atoms with E-state index in [1.54, 1.807) is 35.7 Å². The van der Waals surface area contributed by atoms with E-state index in [0.29, 0.717) is 25.3 Å². The second kappa shape index (κ2) is 12.6. The molecule has 0 spiro atoms. The lowest BCUT2D eigenvalue weighted by molar-refractivity contribution is 0.340. The molecule has 0 saturated heterocycles. The maximum Gasteiger partial charge on any atom is 0.243 e. The normalized spacial score (nSPS) is 11.6. The van der Waals surface area contributed by atoms with Gasteiger partial charge in [0.1, 0.15) is 11.5 Å². The van der Waals surface area contributed by atoms with Crippen LogP contribution in [0.4, 0.5) is 0 Å². The van der Waals surface area contributed by atoms with Gasteiger partial charge in [0.2, 0.25) is 10.0 Å². The van der Waals surface area contributed by atoms with Crippen LogP contribution in [0.2, 0.25) is 0 Å². The van der Waals surface area contributed by atoms with E-state index in [1.807, 2.05) is 67.6 Å². The Morgan fingerprint density at radius 3 is 1.78 bits per heavy atom. The molecular formula is C31H33NO4S. The highest BCUT2D eigenvalue weighted by Crippen LogP contribution is 2.30. The molecule has 0 aromatic heterocycles. The van der Waals surface area contributed by atoms with E-state index in [-0.39, 0.29) is 17.4 Å². The van der Waals surface area contributed by atoms with Gasteiger partial charge in [-0.1, -0.05) is 72.8 Å². The third-order valence-corrected chi connectivity index (χ3v) is 8.22. The fourth-order valence-corrected chi connectivity index (χ4v) is 5.85. The van der Waals surface area contributed by atoms with Gasteiger partial charge < -0.3 is 9.47 Å². The van der Waals surface area contributed by atoms with Gasteiger partial charge in [0.05, 0.1) is 18.6 Å². The van der Waals surface area contributed by atoms with E-state index in [1.165, 1.54) is 0 Å². The molecule has 0 aliphatic carbocycles. The zero-order chi connectivity index (χ0) is 26.1. The average Bonchev–Trinajstić information content (AvgIpc) is 2.95. The number of methoxy groups -OCH3 is 1. The minimum absolute atomic E-state index is 0.0660. The highest BCUT2D eigenvalue weighted by atomic mass is 32.2. The van der Waals surface area contributed by atoms with Gasteiger partial charge in [-0.25, -0.2) is 8.42 Å². The predicted molar refractivity (Wildman–Crippen MR) is 148 cm³/mol. The second-order valence-electron chi connectivity index (χ2n) is 8.75. The zero-order valence-corrected chi connectivity index (χ0v) is 22.1. The first-order valence-electron chi connectivity index (χ1n) is 12.5. The topological polar surface area (TPSA) is 55.8 Å². The van der Waals surface area contributed by atoms with Crippen molar-refractivity contribution in [2.45, 2.75) is 30.7 Å². The Kier molecular flexibility index (Phi) is 8.99. The molecule has 4 rings (SSSR count). The van der Waals surface area contributed by atoms with E-state index in [9.17, 15) is 8.42 Å². The van der Waals surface area contributed by atoms with Gasteiger partial charge in [-0.05, 0) is 66.4 Å². The Bertz CT molecular complexity index is 1300. The van der Waals surface area contributed by atoms with E-state index in [4.69, 9.17) is 9.47 Å². The van der Waals surface area contributed by atoms with Gasteiger partial charge in [0, 0.05) is 19.0 Å². The number of benzene rings is 4. The van der Waals surface area contributed by atoms with Crippen LogP contribution in [0.25, 0.3) is 0 Å². The smallest absolute Gasteiger partial charge is 0.243 e. The fraction of sp³-hybridized carbons (Fsp3) is 0.226. The van der Waals surface area contributed by atoms with Crippen molar-refractivity contribution in [2.24, 2.45) is 0 Å². The predicted octanol–water partition coefficient (Wildman–Crippen LogP) is 6.51. The average molecular weight is 516 g/mol. The summed E-state index contributed by atoms with van der Waals surface area (Å²) in [6.07, 6.45) is 0.639. The summed E-state index contributed by atoms with van der Waals surface area (Å²) in [5, 5.41) is 0. The van der Waals surface area contributed by atoms with E-state index in [2.05, 4.69) is 24.3 Å². The Labute approximate surface area is 220 Å². The van der Waals surface area contributed by atoms with Crippen molar-refractivity contribution >= 4 is 10.0 Å². The zero-order valence-electron chi connectivity index (χ0n) is 21.3. The lowest BCUT2D eigenvalue weighted by atomic mass is 9.88. The third-order valence-electron chi connectivity index (χ3n) is 6.36. The van der Waals surface area contributed by atoms with E-state index >= 15 is 0 Å². The molecule has 6 heteroatoms. The summed E-state index contributed by atoms with van der Waals surface area (Å²) in [6.45, 7) is 3.14. The summed E-state index contributed by atoms with van der Waals surface area (Å²) in [6, 6.07) is 34.7. The molecule has 0 atom stereocenters. The van der Waals surface area contributed by atoms with Gasteiger partial charge in [-0.2, -0.15) is 4.31 Å². The van der Waals surface area contributed by atoms with Crippen LogP contribution in [0, 0.1) is 0 Å². The van der Waals surface area contributed by atoms with E-state index in [0.717, 1.165) is 22.4 Å². The molecule has 0 saturated carbocycles.